The minimum atomic E-state index is -0.912. The van der Waals surface area contributed by atoms with Gasteiger partial charge in [-0.15, -0.1) is 0 Å². The van der Waals surface area contributed by atoms with Crippen LogP contribution in [0.25, 0.3) is 0 Å². The van der Waals surface area contributed by atoms with Crippen LogP contribution in [0, 0.1) is 0 Å². The van der Waals surface area contributed by atoms with E-state index >= 15 is 0 Å². The largest absolute Gasteiger partial charge is 0.481 e. The van der Waals surface area contributed by atoms with Crippen molar-refractivity contribution in [2.24, 2.45) is 0 Å². The van der Waals surface area contributed by atoms with Crippen LogP contribution in [0.15, 0.2) is 0 Å². The summed E-state index contributed by atoms with van der Waals surface area (Å²) in [6.07, 6.45) is 3.83. The zero-order valence-electron chi connectivity index (χ0n) is 12.8. The molecule has 120 valence electrons. The molecule has 0 saturated heterocycles. The molecule has 1 aliphatic carbocycles. The van der Waals surface area contributed by atoms with Gasteiger partial charge in [-0.1, -0.05) is 19.8 Å². The molecule has 0 heterocycles. The first-order valence-corrected chi connectivity index (χ1v) is 7.42. The standard InChI is InChI=1S/C14H25N3O4/c1-3-8-17(10-11(18)15-2)13(21)16-14(9-12(19)20)6-4-5-7-14/h3-10H2,1-2H3,(H,15,18)(H,16,21)(H,19,20). The molecule has 3 amide bonds. The summed E-state index contributed by atoms with van der Waals surface area (Å²) in [4.78, 5) is 36.3. The fraction of sp³-hybridized carbons (Fsp3) is 0.786. The van der Waals surface area contributed by atoms with Gasteiger partial charge in [-0.25, -0.2) is 4.79 Å². The van der Waals surface area contributed by atoms with Crippen molar-refractivity contribution in [3.8, 4) is 0 Å². The van der Waals surface area contributed by atoms with Crippen molar-refractivity contribution in [1.82, 2.24) is 15.5 Å². The molecule has 0 radical (unpaired) electrons. The Kier molecular flexibility index (Phi) is 6.45. The van der Waals surface area contributed by atoms with E-state index in [1.165, 1.54) is 11.9 Å². The fourth-order valence-corrected chi connectivity index (χ4v) is 2.77. The number of carboxylic acids is 1. The highest BCUT2D eigenvalue weighted by Gasteiger charge is 2.38. The van der Waals surface area contributed by atoms with Gasteiger partial charge in [0.15, 0.2) is 0 Å². The van der Waals surface area contributed by atoms with Crippen molar-refractivity contribution in [3.05, 3.63) is 0 Å². The summed E-state index contributed by atoms with van der Waals surface area (Å²) in [6, 6.07) is -0.358. The second-order valence-corrected chi connectivity index (χ2v) is 5.58. The number of nitrogens with zero attached hydrogens (tertiary/aromatic N) is 1. The van der Waals surface area contributed by atoms with Crippen LogP contribution in [0.3, 0.4) is 0 Å². The number of rotatable bonds is 7. The Labute approximate surface area is 125 Å². The lowest BCUT2D eigenvalue weighted by Crippen LogP contribution is -2.54. The zero-order valence-corrected chi connectivity index (χ0v) is 12.8. The van der Waals surface area contributed by atoms with Crippen molar-refractivity contribution in [2.75, 3.05) is 20.1 Å². The van der Waals surface area contributed by atoms with E-state index in [2.05, 4.69) is 10.6 Å². The number of carbonyl (C=O) groups is 3. The molecule has 0 aromatic carbocycles. The molecule has 1 fully saturated rings. The van der Waals surface area contributed by atoms with E-state index in [1.54, 1.807) is 0 Å². The Morgan fingerprint density at radius 2 is 1.86 bits per heavy atom. The van der Waals surface area contributed by atoms with E-state index in [0.717, 1.165) is 19.3 Å². The van der Waals surface area contributed by atoms with Gasteiger partial charge in [0, 0.05) is 13.6 Å². The van der Waals surface area contributed by atoms with Crippen LogP contribution in [-0.2, 0) is 9.59 Å². The molecule has 0 spiro atoms. The molecular weight excluding hydrogens is 274 g/mol. The summed E-state index contributed by atoms with van der Waals surface area (Å²) in [6.45, 7) is 2.37. The van der Waals surface area contributed by atoms with Crippen LogP contribution < -0.4 is 10.6 Å². The first kappa shape index (κ1) is 17.3. The molecular formula is C14H25N3O4. The van der Waals surface area contributed by atoms with Gasteiger partial charge in [-0.05, 0) is 19.3 Å². The van der Waals surface area contributed by atoms with Crippen LogP contribution in [-0.4, -0.2) is 53.6 Å². The maximum atomic E-state index is 12.4. The number of hydrogen-bond donors (Lipinski definition) is 3. The Bertz CT molecular complexity index is 392. The van der Waals surface area contributed by atoms with Crippen LogP contribution in [0.5, 0.6) is 0 Å². The van der Waals surface area contributed by atoms with Gasteiger partial charge in [-0.2, -0.15) is 0 Å². The van der Waals surface area contributed by atoms with Crippen LogP contribution in [0.4, 0.5) is 4.79 Å². The van der Waals surface area contributed by atoms with Crippen molar-refractivity contribution in [2.45, 2.75) is 51.0 Å². The fourth-order valence-electron chi connectivity index (χ4n) is 2.77. The summed E-state index contributed by atoms with van der Waals surface area (Å²) in [5.41, 5.74) is -0.669. The molecule has 0 atom stereocenters. The highest BCUT2D eigenvalue weighted by Crippen LogP contribution is 2.32. The topological polar surface area (TPSA) is 98.7 Å². The second-order valence-electron chi connectivity index (χ2n) is 5.58. The predicted molar refractivity (Wildman–Crippen MR) is 77.9 cm³/mol. The van der Waals surface area contributed by atoms with E-state index < -0.39 is 11.5 Å². The summed E-state index contributed by atoms with van der Waals surface area (Å²) in [5.74, 6) is -1.15. The molecule has 0 bridgehead atoms. The molecule has 7 heteroatoms. The number of amides is 3. The third-order valence-electron chi connectivity index (χ3n) is 3.82. The third-order valence-corrected chi connectivity index (χ3v) is 3.82. The van der Waals surface area contributed by atoms with Gasteiger partial charge in [0.25, 0.3) is 0 Å². The van der Waals surface area contributed by atoms with Crippen molar-refractivity contribution < 1.29 is 19.5 Å². The van der Waals surface area contributed by atoms with Gasteiger partial charge in [0.1, 0.15) is 6.54 Å². The first-order chi connectivity index (χ1) is 9.92. The SMILES string of the molecule is CCCN(CC(=O)NC)C(=O)NC1(CC(=O)O)CCCC1. The summed E-state index contributed by atoms with van der Waals surface area (Å²) >= 11 is 0. The number of carbonyl (C=O) groups excluding carboxylic acids is 2. The molecule has 0 aromatic heterocycles. The van der Waals surface area contributed by atoms with Gasteiger partial charge < -0.3 is 20.6 Å². The molecule has 0 unspecified atom stereocenters. The van der Waals surface area contributed by atoms with Gasteiger partial charge in [-0.3, -0.25) is 9.59 Å². The zero-order chi connectivity index (χ0) is 15.9. The highest BCUT2D eigenvalue weighted by atomic mass is 16.4. The first-order valence-electron chi connectivity index (χ1n) is 7.42. The molecule has 1 saturated carbocycles. The Morgan fingerprint density at radius 1 is 1.24 bits per heavy atom. The monoisotopic (exact) mass is 299 g/mol. The molecule has 21 heavy (non-hydrogen) atoms. The maximum absolute atomic E-state index is 12.4. The molecule has 0 aromatic rings. The summed E-state index contributed by atoms with van der Waals surface area (Å²) < 4.78 is 0. The average Bonchev–Trinajstić information content (AvgIpc) is 2.85. The quantitative estimate of drug-likeness (QED) is 0.651. The minimum Gasteiger partial charge on any atom is -0.481 e. The van der Waals surface area contributed by atoms with Crippen molar-refractivity contribution in [1.29, 1.82) is 0 Å². The Hall–Kier alpha value is -1.79. The average molecular weight is 299 g/mol. The van der Waals surface area contributed by atoms with Crippen LogP contribution in [0.2, 0.25) is 0 Å². The number of likely N-dealkylation sites (N-methyl/N-ethyl adjacent to an activating group) is 1. The van der Waals surface area contributed by atoms with Crippen molar-refractivity contribution in [3.63, 3.8) is 0 Å². The van der Waals surface area contributed by atoms with Crippen LogP contribution >= 0.6 is 0 Å². The maximum Gasteiger partial charge on any atom is 0.318 e. The number of carboxylic acid groups (broad SMARTS) is 1. The molecule has 0 aliphatic heterocycles. The van der Waals surface area contributed by atoms with Gasteiger partial charge >= 0.3 is 12.0 Å². The smallest absolute Gasteiger partial charge is 0.318 e. The summed E-state index contributed by atoms with van der Waals surface area (Å²) in [7, 11) is 1.52. The minimum absolute atomic E-state index is 0.0146. The number of aliphatic carboxylic acids is 1. The number of nitrogens with one attached hydrogen (secondary N) is 2. The van der Waals surface area contributed by atoms with Gasteiger partial charge in [0.2, 0.25) is 5.91 Å². The molecule has 3 N–H and O–H groups in total. The van der Waals surface area contributed by atoms with Crippen molar-refractivity contribution >= 4 is 17.9 Å². The lowest BCUT2D eigenvalue weighted by molar-refractivity contribution is -0.138. The molecule has 7 nitrogen and oxygen atoms in total. The number of urea groups is 1. The van der Waals surface area contributed by atoms with E-state index in [9.17, 15) is 14.4 Å². The summed E-state index contributed by atoms with van der Waals surface area (Å²) in [5, 5.41) is 14.4. The van der Waals surface area contributed by atoms with E-state index in [1.807, 2.05) is 6.92 Å². The second kappa shape index (κ2) is 7.85. The highest BCUT2D eigenvalue weighted by molar-refractivity contribution is 5.84. The van der Waals surface area contributed by atoms with E-state index in [-0.39, 0.29) is 24.9 Å². The molecule has 1 rings (SSSR count). The lowest BCUT2D eigenvalue weighted by Gasteiger charge is -2.32. The number of hydrogen-bond acceptors (Lipinski definition) is 3. The Balaban J connectivity index is 2.73. The molecule has 1 aliphatic rings. The lowest BCUT2D eigenvalue weighted by atomic mass is 9.93. The Morgan fingerprint density at radius 3 is 2.33 bits per heavy atom. The van der Waals surface area contributed by atoms with E-state index in [0.29, 0.717) is 19.4 Å². The predicted octanol–water partition coefficient (Wildman–Crippen LogP) is 0.941. The van der Waals surface area contributed by atoms with Gasteiger partial charge in [0.05, 0.1) is 12.0 Å². The van der Waals surface area contributed by atoms with Crippen LogP contribution in [0.1, 0.15) is 45.4 Å². The normalized spacial score (nSPS) is 16.3. The third kappa shape index (κ3) is 5.24. The van der Waals surface area contributed by atoms with E-state index in [4.69, 9.17) is 5.11 Å².